The first-order chi connectivity index (χ1) is 14.3. The van der Waals surface area contributed by atoms with Crippen molar-refractivity contribution in [3.05, 3.63) is 75.2 Å². The van der Waals surface area contributed by atoms with Crippen LogP contribution in [0.1, 0.15) is 63.7 Å². The van der Waals surface area contributed by atoms with E-state index in [4.69, 9.17) is 14.3 Å². The summed E-state index contributed by atoms with van der Waals surface area (Å²) in [7, 11) is 0. The van der Waals surface area contributed by atoms with Crippen LogP contribution in [0.3, 0.4) is 0 Å². The lowest BCUT2D eigenvalue weighted by molar-refractivity contribution is 0.0692. The predicted molar refractivity (Wildman–Crippen MR) is 120 cm³/mol. The van der Waals surface area contributed by atoms with Crippen LogP contribution in [-0.4, -0.2) is 17.7 Å². The van der Waals surface area contributed by atoms with Crippen molar-refractivity contribution in [3.8, 4) is 5.75 Å². The smallest absolute Gasteiger partial charge is 0.351 e. The van der Waals surface area contributed by atoms with Crippen molar-refractivity contribution >= 4 is 16.9 Å². The van der Waals surface area contributed by atoms with E-state index in [0.29, 0.717) is 23.3 Å². The Morgan fingerprint density at radius 1 is 1.00 bits per heavy atom. The molecule has 0 saturated heterocycles. The lowest BCUT2D eigenvalue weighted by Crippen LogP contribution is -2.12. The quantitative estimate of drug-likeness (QED) is 0.368. The summed E-state index contributed by atoms with van der Waals surface area (Å²) in [6, 6.07) is 6.33. The third kappa shape index (κ3) is 7.39. The molecular formula is C25H30O5. The Labute approximate surface area is 177 Å². The monoisotopic (exact) mass is 410 g/mol. The molecule has 0 radical (unpaired) electrons. The number of hydrogen-bond donors (Lipinski definition) is 1. The molecule has 160 valence electrons. The Morgan fingerprint density at radius 3 is 2.33 bits per heavy atom. The zero-order valence-corrected chi connectivity index (χ0v) is 18.2. The molecule has 0 aliphatic carbocycles. The summed E-state index contributed by atoms with van der Waals surface area (Å²) in [6.07, 6.45) is 10.8. The van der Waals surface area contributed by atoms with Gasteiger partial charge < -0.3 is 14.3 Å². The first kappa shape index (κ1) is 23.2. The molecule has 0 fully saturated rings. The highest BCUT2D eigenvalue weighted by Gasteiger charge is 2.12. The number of carboxylic acid groups (broad SMARTS) is 1. The molecule has 0 aliphatic heterocycles. The summed E-state index contributed by atoms with van der Waals surface area (Å²) >= 11 is 0. The van der Waals surface area contributed by atoms with Crippen molar-refractivity contribution < 1.29 is 19.1 Å². The molecule has 5 heteroatoms. The van der Waals surface area contributed by atoms with Gasteiger partial charge in [0.05, 0.1) is 0 Å². The van der Waals surface area contributed by atoms with E-state index in [2.05, 4.69) is 39.8 Å². The van der Waals surface area contributed by atoms with Crippen LogP contribution >= 0.6 is 0 Å². The van der Waals surface area contributed by atoms with Gasteiger partial charge in [-0.2, -0.15) is 0 Å². The highest BCUT2D eigenvalue weighted by Crippen LogP contribution is 2.21. The van der Waals surface area contributed by atoms with Gasteiger partial charge in [-0.15, -0.1) is 0 Å². The number of allylic oxidation sites excluding steroid dienone is 5. The number of hydrogen-bond acceptors (Lipinski definition) is 4. The van der Waals surface area contributed by atoms with E-state index >= 15 is 0 Å². The number of rotatable bonds is 10. The van der Waals surface area contributed by atoms with Crippen LogP contribution in [0, 0.1) is 0 Å². The summed E-state index contributed by atoms with van der Waals surface area (Å²) in [4.78, 5) is 22.7. The minimum Gasteiger partial charge on any atom is -0.489 e. The summed E-state index contributed by atoms with van der Waals surface area (Å²) in [5.41, 5.74) is 3.09. The van der Waals surface area contributed by atoms with Crippen molar-refractivity contribution in [3.63, 3.8) is 0 Å². The first-order valence-corrected chi connectivity index (χ1v) is 10.1. The average molecular weight is 411 g/mol. The molecule has 0 spiro atoms. The van der Waals surface area contributed by atoms with Crippen LogP contribution in [0.15, 0.2) is 68.4 Å². The molecule has 1 N–H and O–H groups in total. The van der Waals surface area contributed by atoms with Crippen LogP contribution in [0.2, 0.25) is 0 Å². The maximum Gasteiger partial charge on any atom is 0.351 e. The largest absolute Gasteiger partial charge is 0.489 e. The summed E-state index contributed by atoms with van der Waals surface area (Å²) in [6.45, 7) is 8.93. The van der Waals surface area contributed by atoms with Gasteiger partial charge in [-0.3, -0.25) is 0 Å². The number of carbonyl (C=O) groups is 1. The number of fused-ring (bicyclic) bond motifs is 1. The fourth-order valence-corrected chi connectivity index (χ4v) is 2.95. The topological polar surface area (TPSA) is 76.7 Å². The Morgan fingerprint density at radius 2 is 1.67 bits per heavy atom. The SMILES string of the molecule is CC(C)=CCC/C(C)=C/CC/C(C)=C/COc1ccc2cc(C(=O)O)c(=O)oc2c1. The molecule has 0 atom stereocenters. The zero-order chi connectivity index (χ0) is 22.1. The van der Waals surface area contributed by atoms with Gasteiger partial charge in [0.2, 0.25) is 0 Å². The van der Waals surface area contributed by atoms with E-state index < -0.39 is 11.6 Å². The minimum absolute atomic E-state index is 0.303. The molecule has 2 rings (SSSR count). The standard InChI is InChI=1S/C25H30O5/c1-17(2)7-5-8-18(3)9-6-10-19(4)13-14-29-21-12-11-20-15-22(24(26)27)25(28)30-23(20)16-21/h7,9,11-13,15-16H,5-6,8,10,14H2,1-4H3,(H,26,27)/b18-9+,19-13+. The zero-order valence-electron chi connectivity index (χ0n) is 18.2. The van der Waals surface area contributed by atoms with E-state index in [1.807, 2.05) is 6.08 Å². The number of aromatic carboxylic acids is 1. The van der Waals surface area contributed by atoms with Gasteiger partial charge in [0, 0.05) is 11.5 Å². The number of carboxylic acids is 1. The van der Waals surface area contributed by atoms with Crippen LogP contribution in [0.25, 0.3) is 11.0 Å². The molecule has 1 aromatic heterocycles. The minimum atomic E-state index is -1.30. The first-order valence-electron chi connectivity index (χ1n) is 10.1. The Kier molecular flexibility index (Phi) is 8.66. The molecule has 0 unspecified atom stereocenters. The maximum absolute atomic E-state index is 11.7. The Hall–Kier alpha value is -3.08. The molecule has 0 amide bonds. The third-order valence-electron chi connectivity index (χ3n) is 4.74. The van der Waals surface area contributed by atoms with E-state index in [1.54, 1.807) is 18.2 Å². The van der Waals surface area contributed by atoms with E-state index in [-0.39, 0.29) is 5.56 Å². The molecule has 30 heavy (non-hydrogen) atoms. The molecule has 1 heterocycles. The normalized spacial score (nSPS) is 12.1. The second-order valence-corrected chi connectivity index (χ2v) is 7.72. The van der Waals surface area contributed by atoms with Crippen molar-refractivity contribution in [2.75, 3.05) is 6.61 Å². The van der Waals surface area contributed by atoms with Crippen LogP contribution in [0.5, 0.6) is 5.75 Å². The Bertz CT molecular complexity index is 1030. The van der Waals surface area contributed by atoms with Gasteiger partial charge in [-0.1, -0.05) is 28.9 Å². The van der Waals surface area contributed by atoms with Crippen molar-refractivity contribution in [2.45, 2.75) is 53.4 Å². The lowest BCUT2D eigenvalue weighted by Gasteiger charge is -2.06. The highest BCUT2D eigenvalue weighted by molar-refractivity contribution is 5.91. The summed E-state index contributed by atoms with van der Waals surface area (Å²) in [5.74, 6) is -0.739. The maximum atomic E-state index is 11.7. The highest BCUT2D eigenvalue weighted by atomic mass is 16.5. The lowest BCUT2D eigenvalue weighted by atomic mass is 10.1. The predicted octanol–water partition coefficient (Wildman–Crippen LogP) is 6.29. The van der Waals surface area contributed by atoms with Gasteiger partial charge in [-0.05, 0) is 77.7 Å². The van der Waals surface area contributed by atoms with Crippen LogP contribution in [-0.2, 0) is 0 Å². The van der Waals surface area contributed by atoms with E-state index in [1.165, 1.54) is 22.8 Å². The third-order valence-corrected chi connectivity index (χ3v) is 4.74. The second-order valence-electron chi connectivity index (χ2n) is 7.72. The molecule has 0 aliphatic rings. The van der Waals surface area contributed by atoms with Crippen molar-refractivity contribution in [1.29, 1.82) is 0 Å². The Balaban J connectivity index is 1.87. The van der Waals surface area contributed by atoms with Crippen molar-refractivity contribution in [2.24, 2.45) is 0 Å². The van der Waals surface area contributed by atoms with Crippen LogP contribution < -0.4 is 10.4 Å². The molecule has 0 saturated carbocycles. The number of ether oxygens (including phenoxy) is 1. The number of benzene rings is 1. The van der Waals surface area contributed by atoms with Gasteiger partial charge in [0.25, 0.3) is 0 Å². The van der Waals surface area contributed by atoms with Crippen molar-refractivity contribution in [1.82, 2.24) is 0 Å². The van der Waals surface area contributed by atoms with Gasteiger partial charge >= 0.3 is 11.6 Å². The molecular weight excluding hydrogens is 380 g/mol. The fraction of sp³-hybridized carbons (Fsp3) is 0.360. The fourth-order valence-electron chi connectivity index (χ4n) is 2.95. The van der Waals surface area contributed by atoms with Gasteiger partial charge in [0.1, 0.15) is 23.5 Å². The molecule has 0 bridgehead atoms. The van der Waals surface area contributed by atoms with Gasteiger partial charge in [0.15, 0.2) is 0 Å². The molecule has 2 aromatic rings. The summed E-state index contributed by atoms with van der Waals surface area (Å²) < 4.78 is 10.8. The van der Waals surface area contributed by atoms with E-state index in [0.717, 1.165) is 25.7 Å². The average Bonchev–Trinajstić information content (AvgIpc) is 2.66. The van der Waals surface area contributed by atoms with Gasteiger partial charge in [-0.25, -0.2) is 9.59 Å². The van der Waals surface area contributed by atoms with Crippen LogP contribution in [0.4, 0.5) is 0 Å². The molecule has 1 aromatic carbocycles. The van der Waals surface area contributed by atoms with E-state index in [9.17, 15) is 9.59 Å². The summed E-state index contributed by atoms with van der Waals surface area (Å²) in [5, 5.41) is 9.54. The second kappa shape index (κ2) is 11.2. The molecule has 5 nitrogen and oxygen atoms in total.